The summed E-state index contributed by atoms with van der Waals surface area (Å²) in [6.45, 7) is 0.185. The predicted molar refractivity (Wildman–Crippen MR) is 106 cm³/mol. The van der Waals surface area contributed by atoms with E-state index in [0.29, 0.717) is 5.69 Å². The van der Waals surface area contributed by atoms with Gasteiger partial charge in [-0.15, -0.1) is 11.3 Å². The molecule has 0 bridgehead atoms. The van der Waals surface area contributed by atoms with Gasteiger partial charge in [-0.2, -0.15) is 0 Å². The minimum Gasteiger partial charge on any atom is -0.328 e. The van der Waals surface area contributed by atoms with Gasteiger partial charge in [0.1, 0.15) is 6.04 Å². The molecule has 0 aliphatic carbocycles. The highest BCUT2D eigenvalue weighted by atomic mass is 35.5. The molecule has 0 aliphatic heterocycles. The van der Waals surface area contributed by atoms with Gasteiger partial charge in [0.25, 0.3) is 11.6 Å². The number of nitro benzene ring substituents is 1. The second-order valence-electron chi connectivity index (χ2n) is 5.81. The molecule has 3 N–H and O–H groups in total. The van der Waals surface area contributed by atoms with E-state index in [-0.39, 0.29) is 29.2 Å². The molecule has 0 spiro atoms. The topological polar surface area (TPSA) is 88.8 Å². The summed E-state index contributed by atoms with van der Waals surface area (Å²) in [4.78, 5) is 23.7. The maximum Gasteiger partial charge on any atom is 0.279 e. The number of non-ortho nitro benzene ring substituents is 1. The van der Waals surface area contributed by atoms with Crippen LogP contribution in [0.3, 0.4) is 0 Å². The van der Waals surface area contributed by atoms with Crippen molar-refractivity contribution in [2.75, 3.05) is 11.9 Å². The summed E-state index contributed by atoms with van der Waals surface area (Å²) in [5.74, 6) is -0.233. The van der Waals surface area contributed by atoms with E-state index in [4.69, 9.17) is 11.6 Å². The Morgan fingerprint density at radius 1 is 1.19 bits per heavy atom. The van der Waals surface area contributed by atoms with Crippen LogP contribution in [0.1, 0.15) is 16.5 Å². The van der Waals surface area contributed by atoms with Crippen LogP contribution < -0.4 is 10.6 Å². The number of benzene rings is 2. The number of halogens is 1. The Morgan fingerprint density at radius 3 is 2.59 bits per heavy atom. The average molecular weight is 403 g/mol. The van der Waals surface area contributed by atoms with Gasteiger partial charge in [-0.05, 0) is 17.5 Å². The number of thiophene rings is 1. The molecule has 1 aromatic heterocycles. The lowest BCUT2D eigenvalue weighted by Gasteiger charge is -2.15. The minimum atomic E-state index is -0.531. The first-order chi connectivity index (χ1) is 13.0. The second kappa shape index (κ2) is 8.77. The molecular weight excluding hydrogens is 386 g/mol. The lowest BCUT2D eigenvalue weighted by atomic mass is 10.1. The zero-order valence-electron chi connectivity index (χ0n) is 14.2. The van der Waals surface area contributed by atoms with Crippen LogP contribution in [0.5, 0.6) is 0 Å². The molecule has 3 rings (SSSR count). The van der Waals surface area contributed by atoms with Crippen molar-refractivity contribution >= 4 is 40.2 Å². The summed E-state index contributed by atoms with van der Waals surface area (Å²) in [6, 6.07) is 18.0. The molecule has 27 heavy (non-hydrogen) atoms. The highest BCUT2D eigenvalue weighted by Crippen LogP contribution is 2.26. The zero-order chi connectivity index (χ0) is 19.2. The Labute approximate surface area is 164 Å². The molecule has 0 saturated carbocycles. The van der Waals surface area contributed by atoms with Gasteiger partial charge in [0.2, 0.25) is 0 Å². The second-order valence-corrected chi connectivity index (χ2v) is 7.20. The normalized spacial score (nSPS) is 11.7. The van der Waals surface area contributed by atoms with Crippen molar-refractivity contribution < 1.29 is 15.0 Å². The van der Waals surface area contributed by atoms with Crippen molar-refractivity contribution in [3.63, 3.8) is 0 Å². The van der Waals surface area contributed by atoms with Gasteiger partial charge in [0.15, 0.2) is 6.54 Å². The van der Waals surface area contributed by atoms with Gasteiger partial charge in [0, 0.05) is 17.7 Å². The van der Waals surface area contributed by atoms with Crippen molar-refractivity contribution in [3.05, 3.63) is 91.6 Å². The maximum absolute atomic E-state index is 12.4. The highest BCUT2D eigenvalue weighted by molar-refractivity contribution is 7.10. The van der Waals surface area contributed by atoms with E-state index in [1.54, 1.807) is 11.3 Å². The number of nitrogens with two attached hydrogens (primary N) is 1. The number of hydrogen-bond acceptors (Lipinski definition) is 4. The third kappa shape index (κ3) is 4.91. The Kier molecular flexibility index (Phi) is 6.18. The van der Waals surface area contributed by atoms with Crippen molar-refractivity contribution in [1.82, 2.24) is 0 Å². The van der Waals surface area contributed by atoms with Crippen LogP contribution in [0.2, 0.25) is 5.02 Å². The van der Waals surface area contributed by atoms with Crippen molar-refractivity contribution in [3.8, 4) is 0 Å². The third-order valence-corrected chi connectivity index (χ3v) is 5.25. The molecule has 6 nitrogen and oxygen atoms in total. The smallest absolute Gasteiger partial charge is 0.279 e. The Bertz CT molecular complexity index is 933. The lowest BCUT2D eigenvalue weighted by Crippen LogP contribution is -2.87. The molecule has 1 amide bonds. The van der Waals surface area contributed by atoms with Crippen LogP contribution in [0.25, 0.3) is 0 Å². The van der Waals surface area contributed by atoms with Crippen molar-refractivity contribution in [2.24, 2.45) is 0 Å². The predicted octanol–water partition coefficient (Wildman–Crippen LogP) is 3.60. The van der Waals surface area contributed by atoms with Crippen LogP contribution in [0.15, 0.2) is 66.0 Å². The fourth-order valence-corrected chi connectivity index (χ4v) is 3.76. The van der Waals surface area contributed by atoms with Gasteiger partial charge < -0.3 is 10.6 Å². The highest BCUT2D eigenvalue weighted by Gasteiger charge is 2.20. The summed E-state index contributed by atoms with van der Waals surface area (Å²) in [7, 11) is 0. The van der Waals surface area contributed by atoms with E-state index in [1.807, 2.05) is 53.2 Å². The van der Waals surface area contributed by atoms with E-state index < -0.39 is 4.92 Å². The van der Waals surface area contributed by atoms with Gasteiger partial charge in [-0.25, -0.2) is 0 Å². The maximum atomic E-state index is 12.4. The van der Waals surface area contributed by atoms with Gasteiger partial charge >= 0.3 is 0 Å². The summed E-state index contributed by atoms with van der Waals surface area (Å²) in [5.41, 5.74) is 1.35. The Balaban J connectivity index is 1.67. The number of carbonyl (C=O) groups is 1. The largest absolute Gasteiger partial charge is 0.328 e. The van der Waals surface area contributed by atoms with Crippen molar-refractivity contribution in [1.29, 1.82) is 0 Å². The molecule has 138 valence electrons. The average Bonchev–Trinajstić information content (AvgIpc) is 3.19. The number of nitrogens with one attached hydrogen (secondary N) is 1. The molecule has 0 unspecified atom stereocenters. The first-order valence-electron chi connectivity index (χ1n) is 8.20. The molecule has 2 aromatic carbocycles. The minimum absolute atomic E-state index is 0.0179. The van der Waals surface area contributed by atoms with E-state index in [9.17, 15) is 14.9 Å². The molecule has 0 radical (unpaired) electrons. The van der Waals surface area contributed by atoms with Gasteiger partial charge in [-0.1, -0.05) is 48.0 Å². The molecule has 1 atom stereocenters. The fourth-order valence-electron chi connectivity index (χ4n) is 2.69. The molecular formula is C19H17ClN3O3S+. The van der Waals surface area contributed by atoms with Crippen LogP contribution in [0, 0.1) is 10.1 Å². The number of hydrogen-bond donors (Lipinski definition) is 2. The van der Waals surface area contributed by atoms with Crippen LogP contribution >= 0.6 is 22.9 Å². The Hall–Kier alpha value is -2.74. The third-order valence-electron chi connectivity index (χ3n) is 3.98. The lowest BCUT2D eigenvalue weighted by molar-refractivity contribution is -0.675. The molecule has 8 heteroatoms. The van der Waals surface area contributed by atoms with Crippen molar-refractivity contribution in [2.45, 2.75) is 6.04 Å². The van der Waals surface area contributed by atoms with E-state index in [2.05, 4.69) is 5.32 Å². The fraction of sp³-hybridized carbons (Fsp3) is 0.105. The number of anilines is 1. The summed E-state index contributed by atoms with van der Waals surface area (Å²) < 4.78 is 0. The molecule has 0 saturated heterocycles. The Morgan fingerprint density at radius 2 is 1.96 bits per heavy atom. The van der Waals surface area contributed by atoms with E-state index >= 15 is 0 Å². The van der Waals surface area contributed by atoms with Crippen LogP contribution in [-0.4, -0.2) is 17.4 Å². The molecule has 0 fully saturated rings. The van der Waals surface area contributed by atoms with Gasteiger partial charge in [0.05, 0.1) is 20.5 Å². The number of rotatable bonds is 7. The SMILES string of the molecule is O=C(C[NH2+][C@H](c1ccccc1)c1cccs1)Nc1ccc([N+](=O)[O-])cc1Cl. The summed E-state index contributed by atoms with van der Waals surface area (Å²) >= 11 is 7.67. The molecule has 1 heterocycles. The quantitative estimate of drug-likeness (QED) is 0.467. The number of nitro groups is 1. The van der Waals surface area contributed by atoms with Gasteiger partial charge in [-0.3, -0.25) is 14.9 Å². The van der Waals surface area contributed by atoms with E-state index in [0.717, 1.165) is 10.4 Å². The number of quaternary nitrogens is 1. The summed E-state index contributed by atoms with van der Waals surface area (Å²) in [5, 5.41) is 17.6. The monoisotopic (exact) mass is 402 g/mol. The molecule has 3 aromatic rings. The van der Waals surface area contributed by atoms with E-state index in [1.165, 1.54) is 18.2 Å². The first kappa shape index (κ1) is 19.0. The number of nitrogens with zero attached hydrogens (tertiary/aromatic N) is 1. The standard InChI is InChI=1S/C19H16ClN3O3S/c20-15-11-14(23(25)26)8-9-16(15)22-18(24)12-21-19(17-7-4-10-27-17)13-5-2-1-3-6-13/h1-11,19,21H,12H2,(H,22,24)/p+1/t19-/m1/s1. The number of amides is 1. The van der Waals surface area contributed by atoms with Crippen LogP contribution in [-0.2, 0) is 4.79 Å². The molecule has 0 aliphatic rings. The first-order valence-corrected chi connectivity index (χ1v) is 9.46. The zero-order valence-corrected chi connectivity index (χ0v) is 15.7. The van der Waals surface area contributed by atoms with Crippen LogP contribution in [0.4, 0.5) is 11.4 Å². The number of carbonyl (C=O) groups excluding carboxylic acids is 1. The summed E-state index contributed by atoms with van der Waals surface area (Å²) in [6.07, 6.45) is 0.